The Morgan fingerprint density at radius 2 is 1.96 bits per heavy atom. The summed E-state index contributed by atoms with van der Waals surface area (Å²) in [7, 11) is 0. The summed E-state index contributed by atoms with van der Waals surface area (Å²) in [6.45, 7) is 1.76. The van der Waals surface area contributed by atoms with Crippen LogP contribution in [0.15, 0.2) is 35.1 Å². The number of benzene rings is 1. The molecule has 0 saturated heterocycles. The van der Waals surface area contributed by atoms with E-state index in [9.17, 15) is 4.79 Å². The number of halogens is 2. The van der Waals surface area contributed by atoms with Gasteiger partial charge in [0, 0.05) is 11.1 Å². The molecule has 0 aliphatic rings. The van der Waals surface area contributed by atoms with E-state index in [1.807, 2.05) is 0 Å². The number of nitrogens with zero attached hydrogens (tertiary/aromatic N) is 3. The van der Waals surface area contributed by atoms with Crippen LogP contribution in [0.1, 0.15) is 16.1 Å². The van der Waals surface area contributed by atoms with Gasteiger partial charge in [0.2, 0.25) is 0 Å². The highest BCUT2D eigenvalue weighted by molar-refractivity contribution is 6.36. The van der Waals surface area contributed by atoms with Gasteiger partial charge in [-0.25, -0.2) is 9.97 Å². The number of hydrogen-bond acceptors (Lipinski definition) is 8. The van der Waals surface area contributed by atoms with Crippen LogP contribution in [0.2, 0.25) is 10.0 Å². The van der Waals surface area contributed by atoms with Crippen LogP contribution in [-0.4, -0.2) is 21.0 Å². The molecular weight excluding hydrogens is 381 g/mol. The van der Waals surface area contributed by atoms with Crippen molar-refractivity contribution in [3.05, 3.63) is 52.0 Å². The van der Waals surface area contributed by atoms with Crippen LogP contribution in [0.25, 0.3) is 0 Å². The van der Waals surface area contributed by atoms with E-state index in [1.165, 1.54) is 18.5 Å². The lowest BCUT2D eigenvalue weighted by atomic mass is 10.2. The predicted molar refractivity (Wildman–Crippen MR) is 98.5 cm³/mol. The SMILES string of the molecule is Cc1cc(Nc2ncnc(NNC(=O)c3ccc(Cl)cc3Cl)c2N)no1. The van der Waals surface area contributed by atoms with Crippen molar-refractivity contribution in [3.63, 3.8) is 0 Å². The molecule has 1 amide bonds. The summed E-state index contributed by atoms with van der Waals surface area (Å²) in [5.41, 5.74) is 11.5. The summed E-state index contributed by atoms with van der Waals surface area (Å²) in [5, 5.41) is 7.34. The fourth-order valence-corrected chi connectivity index (χ4v) is 2.49. The second-order valence-corrected chi connectivity index (χ2v) is 5.98. The van der Waals surface area contributed by atoms with Crippen molar-refractivity contribution in [1.29, 1.82) is 0 Å². The first-order valence-corrected chi connectivity index (χ1v) is 8.02. The van der Waals surface area contributed by atoms with E-state index in [0.717, 1.165) is 0 Å². The van der Waals surface area contributed by atoms with Crippen molar-refractivity contribution in [1.82, 2.24) is 20.6 Å². The average Bonchev–Trinajstić information content (AvgIpc) is 3.00. The number of nitrogens with one attached hydrogen (secondary N) is 3. The zero-order valence-electron chi connectivity index (χ0n) is 13.4. The Hall–Kier alpha value is -3.04. The Morgan fingerprint density at radius 1 is 1.19 bits per heavy atom. The number of hydrazine groups is 1. The van der Waals surface area contributed by atoms with Gasteiger partial charge in [-0.15, -0.1) is 0 Å². The first kappa shape index (κ1) is 17.8. The molecule has 26 heavy (non-hydrogen) atoms. The maximum absolute atomic E-state index is 12.2. The number of nitrogens with two attached hydrogens (primary N) is 1. The lowest BCUT2D eigenvalue weighted by Gasteiger charge is -2.12. The van der Waals surface area contributed by atoms with Crippen molar-refractivity contribution in [2.24, 2.45) is 0 Å². The van der Waals surface area contributed by atoms with Crippen LogP contribution >= 0.6 is 23.2 Å². The van der Waals surface area contributed by atoms with Crippen molar-refractivity contribution in [3.8, 4) is 0 Å². The monoisotopic (exact) mass is 393 g/mol. The maximum Gasteiger partial charge on any atom is 0.271 e. The quantitative estimate of drug-likeness (QED) is 0.486. The first-order valence-electron chi connectivity index (χ1n) is 7.26. The number of aryl methyl sites for hydroxylation is 1. The largest absolute Gasteiger partial charge is 0.393 e. The minimum Gasteiger partial charge on any atom is -0.393 e. The average molecular weight is 394 g/mol. The van der Waals surface area contributed by atoms with Crippen LogP contribution in [0.4, 0.5) is 23.1 Å². The zero-order valence-corrected chi connectivity index (χ0v) is 14.9. The van der Waals surface area contributed by atoms with Crippen LogP contribution in [-0.2, 0) is 0 Å². The van der Waals surface area contributed by atoms with Crippen LogP contribution in [0.5, 0.6) is 0 Å². The third-order valence-corrected chi connectivity index (χ3v) is 3.78. The Morgan fingerprint density at radius 3 is 2.65 bits per heavy atom. The molecule has 0 unspecified atom stereocenters. The number of rotatable bonds is 5. The molecule has 2 aromatic heterocycles. The third-order valence-electron chi connectivity index (χ3n) is 3.23. The molecule has 0 aliphatic heterocycles. The molecule has 3 aromatic rings. The highest BCUT2D eigenvalue weighted by Crippen LogP contribution is 2.25. The zero-order chi connectivity index (χ0) is 18.7. The smallest absolute Gasteiger partial charge is 0.271 e. The molecule has 3 rings (SSSR count). The minimum atomic E-state index is -0.480. The second-order valence-electron chi connectivity index (χ2n) is 5.14. The Bertz CT molecular complexity index is 961. The molecule has 0 aliphatic carbocycles. The van der Waals surface area contributed by atoms with E-state index in [4.69, 9.17) is 33.5 Å². The molecule has 5 N–H and O–H groups in total. The Kier molecular flexibility index (Phi) is 5.10. The highest BCUT2D eigenvalue weighted by Gasteiger charge is 2.13. The number of carbonyl (C=O) groups is 1. The molecule has 0 radical (unpaired) electrons. The standard InChI is InChI=1S/C15H13Cl2N7O2/c1-7-4-11(24-26-7)21-13-12(18)14(20-6-19-13)22-23-15(25)9-3-2-8(16)5-10(9)17/h2-6H,18H2,1H3,(H,23,25)(H2,19,20,21,22,24). The molecular formula is C15H13Cl2N7O2. The van der Waals surface area contributed by atoms with Gasteiger partial charge in [-0.1, -0.05) is 28.4 Å². The molecule has 0 bridgehead atoms. The lowest BCUT2D eigenvalue weighted by molar-refractivity contribution is 0.0962. The molecule has 0 saturated carbocycles. The molecule has 0 fully saturated rings. The summed E-state index contributed by atoms with van der Waals surface area (Å²) in [6, 6.07) is 6.21. The van der Waals surface area contributed by atoms with Gasteiger partial charge in [0.1, 0.15) is 17.8 Å². The normalized spacial score (nSPS) is 10.4. The summed E-state index contributed by atoms with van der Waals surface area (Å²) < 4.78 is 4.96. The molecule has 11 heteroatoms. The van der Waals surface area contributed by atoms with Crippen molar-refractivity contribution in [2.45, 2.75) is 6.92 Å². The Balaban J connectivity index is 1.72. The highest BCUT2D eigenvalue weighted by atomic mass is 35.5. The van der Waals surface area contributed by atoms with Gasteiger partial charge in [0.05, 0.1) is 10.6 Å². The van der Waals surface area contributed by atoms with Gasteiger partial charge < -0.3 is 15.6 Å². The second kappa shape index (κ2) is 7.46. The van der Waals surface area contributed by atoms with Gasteiger partial charge in [-0.2, -0.15) is 0 Å². The number of nitrogen functional groups attached to an aromatic ring is 1. The summed E-state index contributed by atoms with van der Waals surface area (Å²) >= 11 is 11.8. The molecule has 134 valence electrons. The number of anilines is 4. The molecule has 1 aromatic carbocycles. The first-order chi connectivity index (χ1) is 12.4. The van der Waals surface area contributed by atoms with Crippen LogP contribution < -0.4 is 21.9 Å². The van der Waals surface area contributed by atoms with Crippen molar-refractivity contribution in [2.75, 3.05) is 16.5 Å². The van der Waals surface area contributed by atoms with Gasteiger partial charge in [0.25, 0.3) is 5.91 Å². The summed E-state index contributed by atoms with van der Waals surface area (Å²) in [5.74, 6) is 1.09. The summed E-state index contributed by atoms with van der Waals surface area (Å²) in [4.78, 5) is 20.2. The molecule has 0 spiro atoms. The van der Waals surface area contributed by atoms with E-state index >= 15 is 0 Å². The summed E-state index contributed by atoms with van der Waals surface area (Å²) in [6.07, 6.45) is 1.27. The fraction of sp³-hybridized carbons (Fsp3) is 0.0667. The van der Waals surface area contributed by atoms with Crippen molar-refractivity contribution < 1.29 is 9.32 Å². The molecule has 9 nitrogen and oxygen atoms in total. The number of amides is 1. The molecule has 0 atom stereocenters. The minimum absolute atomic E-state index is 0.177. The predicted octanol–water partition coefficient (Wildman–Crippen LogP) is 3.16. The fourth-order valence-electron chi connectivity index (χ4n) is 2.00. The van der Waals surface area contributed by atoms with Gasteiger partial charge >= 0.3 is 0 Å². The number of carbonyl (C=O) groups excluding carboxylic acids is 1. The van der Waals surface area contributed by atoms with E-state index in [2.05, 4.69) is 31.3 Å². The van der Waals surface area contributed by atoms with Crippen molar-refractivity contribution >= 4 is 52.3 Å². The van der Waals surface area contributed by atoms with E-state index < -0.39 is 5.91 Å². The number of aromatic nitrogens is 3. The van der Waals surface area contributed by atoms with Gasteiger partial charge in [-0.3, -0.25) is 15.6 Å². The van der Waals surface area contributed by atoms with E-state index in [1.54, 1.807) is 19.1 Å². The maximum atomic E-state index is 12.2. The molecule has 2 heterocycles. The lowest BCUT2D eigenvalue weighted by Crippen LogP contribution is -2.30. The van der Waals surface area contributed by atoms with Crippen LogP contribution in [0.3, 0.4) is 0 Å². The van der Waals surface area contributed by atoms with Gasteiger partial charge in [0.15, 0.2) is 17.5 Å². The van der Waals surface area contributed by atoms with E-state index in [0.29, 0.717) is 22.4 Å². The Labute approximate surface area is 157 Å². The topological polar surface area (TPSA) is 131 Å². The number of hydrogen-bond donors (Lipinski definition) is 4. The van der Waals surface area contributed by atoms with Gasteiger partial charge in [-0.05, 0) is 25.1 Å². The van der Waals surface area contributed by atoms with E-state index in [-0.39, 0.29) is 22.1 Å². The third kappa shape index (κ3) is 3.95. The van der Waals surface area contributed by atoms with Crippen LogP contribution in [0, 0.1) is 6.92 Å².